The number of fused-ring (bicyclic) bond motifs is 5. The van der Waals surface area contributed by atoms with Crippen LogP contribution in [0.2, 0.25) is 0 Å². The third-order valence-electron chi connectivity index (χ3n) is 6.28. The van der Waals surface area contributed by atoms with E-state index in [0.717, 1.165) is 10.9 Å². The van der Waals surface area contributed by atoms with Gasteiger partial charge in [-0.3, -0.25) is 29.5 Å². The van der Waals surface area contributed by atoms with Gasteiger partial charge >= 0.3 is 0 Å². The molecule has 5 rings (SSSR count). The minimum Gasteiger partial charge on any atom is -0.370 e. The molecule has 4 amide bonds. The fourth-order valence-electron chi connectivity index (χ4n) is 4.55. The van der Waals surface area contributed by atoms with Crippen LogP contribution in [-0.4, -0.2) is 47.7 Å². The number of carbonyl (C=O) groups is 4. The van der Waals surface area contributed by atoms with E-state index in [1.165, 1.54) is 6.07 Å². The lowest BCUT2D eigenvalue weighted by Crippen LogP contribution is -2.27. The van der Waals surface area contributed by atoms with E-state index in [2.05, 4.69) is 25.9 Å². The van der Waals surface area contributed by atoms with Gasteiger partial charge in [0.05, 0.1) is 22.2 Å². The molecular weight excluding hydrogens is 486 g/mol. The van der Waals surface area contributed by atoms with Gasteiger partial charge in [0.15, 0.2) is 5.96 Å². The van der Waals surface area contributed by atoms with Gasteiger partial charge in [-0.2, -0.15) is 0 Å². The molecular formula is C27H25N7O4. The maximum absolute atomic E-state index is 13.3. The summed E-state index contributed by atoms with van der Waals surface area (Å²) >= 11 is 0. The first kappa shape index (κ1) is 24.5. The molecule has 1 aliphatic rings. The van der Waals surface area contributed by atoms with Crippen molar-refractivity contribution in [3.63, 3.8) is 0 Å². The molecule has 4 aromatic rings. The van der Waals surface area contributed by atoms with E-state index in [1.807, 2.05) is 24.3 Å². The van der Waals surface area contributed by atoms with Crippen LogP contribution in [0.5, 0.6) is 0 Å². The first-order valence-corrected chi connectivity index (χ1v) is 12.0. The quantitative estimate of drug-likeness (QED) is 0.0901. The highest BCUT2D eigenvalue weighted by Gasteiger charge is 2.33. The standard InChI is InChI=1S/C27H25N7O4/c28-27(29)31-10-4-9-30-23(35)15-6-3-5-14(11-15)13-32-24(36)18-12-17-21(26(38)34-25(17)37)20-16-7-1-2-8-19(16)33-22(18)20/h1-3,5-8,11-12,33H,4,9-10,13H2,(H,30,35)(H,32,36)(H4,28,29,31)(H,34,37,38). The molecule has 11 nitrogen and oxygen atoms in total. The Morgan fingerprint density at radius 3 is 2.55 bits per heavy atom. The van der Waals surface area contributed by atoms with Crippen LogP contribution in [0.4, 0.5) is 0 Å². The Kier molecular flexibility index (Phi) is 6.48. The number of imide groups is 1. The smallest absolute Gasteiger partial charge is 0.259 e. The molecule has 0 fully saturated rings. The average Bonchev–Trinajstić information content (AvgIpc) is 3.42. The van der Waals surface area contributed by atoms with Gasteiger partial charge in [-0.25, -0.2) is 0 Å². The molecule has 0 aliphatic carbocycles. The number of hydrogen-bond acceptors (Lipinski definition) is 5. The highest BCUT2D eigenvalue weighted by Crippen LogP contribution is 2.35. The molecule has 1 aromatic heterocycles. The summed E-state index contributed by atoms with van der Waals surface area (Å²) in [6.45, 7) is 0.969. The zero-order valence-corrected chi connectivity index (χ0v) is 20.3. The molecule has 0 unspecified atom stereocenters. The van der Waals surface area contributed by atoms with Crippen molar-refractivity contribution in [3.05, 3.63) is 82.4 Å². The molecule has 38 heavy (non-hydrogen) atoms. The summed E-state index contributed by atoms with van der Waals surface area (Å²) in [4.78, 5) is 57.9. The van der Waals surface area contributed by atoms with Crippen molar-refractivity contribution >= 4 is 51.4 Å². The highest BCUT2D eigenvalue weighted by atomic mass is 16.2. The summed E-state index contributed by atoms with van der Waals surface area (Å²) in [6.07, 6.45) is 0.589. The van der Waals surface area contributed by atoms with Crippen LogP contribution in [-0.2, 0) is 6.54 Å². The van der Waals surface area contributed by atoms with Gasteiger partial charge in [-0.05, 0) is 36.2 Å². The van der Waals surface area contributed by atoms with E-state index in [1.54, 1.807) is 24.3 Å². The number of rotatable bonds is 8. The van der Waals surface area contributed by atoms with Crippen LogP contribution in [0.3, 0.4) is 0 Å². The number of benzene rings is 3. The number of amides is 4. The lowest BCUT2D eigenvalue weighted by molar-refractivity contribution is 0.0877. The van der Waals surface area contributed by atoms with Crippen LogP contribution in [0.25, 0.3) is 21.8 Å². The summed E-state index contributed by atoms with van der Waals surface area (Å²) < 4.78 is 0. The molecule has 192 valence electrons. The number of aliphatic imine (C=N–C) groups is 1. The van der Waals surface area contributed by atoms with E-state index < -0.39 is 17.7 Å². The summed E-state index contributed by atoms with van der Waals surface area (Å²) in [7, 11) is 0. The molecule has 8 N–H and O–H groups in total. The fourth-order valence-corrected chi connectivity index (χ4v) is 4.55. The number of H-pyrrole nitrogens is 1. The van der Waals surface area contributed by atoms with Gasteiger partial charge in [-0.1, -0.05) is 30.3 Å². The van der Waals surface area contributed by atoms with Gasteiger partial charge in [0.25, 0.3) is 23.6 Å². The second-order valence-corrected chi connectivity index (χ2v) is 8.85. The van der Waals surface area contributed by atoms with Crippen molar-refractivity contribution in [1.29, 1.82) is 0 Å². The minimum absolute atomic E-state index is 0.00740. The molecule has 0 bridgehead atoms. The lowest BCUT2D eigenvalue weighted by Gasteiger charge is -2.10. The average molecular weight is 512 g/mol. The molecule has 0 saturated heterocycles. The first-order chi connectivity index (χ1) is 18.3. The summed E-state index contributed by atoms with van der Waals surface area (Å²) in [5, 5.41) is 9.26. The maximum atomic E-state index is 13.3. The van der Waals surface area contributed by atoms with Gasteiger partial charge in [0.1, 0.15) is 0 Å². The van der Waals surface area contributed by atoms with Crippen LogP contribution in [0.15, 0.2) is 59.6 Å². The number of nitrogens with two attached hydrogens (primary N) is 2. The number of para-hydroxylation sites is 1. The van der Waals surface area contributed by atoms with E-state index in [9.17, 15) is 19.2 Å². The minimum atomic E-state index is -0.539. The van der Waals surface area contributed by atoms with E-state index in [4.69, 9.17) is 11.5 Å². The molecule has 0 radical (unpaired) electrons. The van der Waals surface area contributed by atoms with Crippen LogP contribution in [0, 0.1) is 0 Å². The van der Waals surface area contributed by atoms with Crippen LogP contribution >= 0.6 is 0 Å². The van der Waals surface area contributed by atoms with Crippen molar-refractivity contribution in [2.24, 2.45) is 16.5 Å². The number of nitrogens with one attached hydrogen (secondary N) is 4. The number of nitrogens with zero attached hydrogens (tertiary/aromatic N) is 1. The van der Waals surface area contributed by atoms with Gasteiger partial charge in [-0.15, -0.1) is 0 Å². The third kappa shape index (κ3) is 4.64. The number of hydrogen-bond donors (Lipinski definition) is 6. The van der Waals surface area contributed by atoms with Crippen molar-refractivity contribution in [1.82, 2.24) is 20.9 Å². The second kappa shape index (κ2) is 10.1. The van der Waals surface area contributed by atoms with Crippen molar-refractivity contribution in [2.45, 2.75) is 13.0 Å². The van der Waals surface area contributed by atoms with E-state index in [-0.39, 0.29) is 35.1 Å². The first-order valence-electron chi connectivity index (χ1n) is 12.0. The van der Waals surface area contributed by atoms with Crippen molar-refractivity contribution < 1.29 is 19.2 Å². The number of guanidine groups is 1. The largest absolute Gasteiger partial charge is 0.370 e. The molecule has 0 atom stereocenters. The predicted molar refractivity (Wildman–Crippen MR) is 143 cm³/mol. The molecule has 0 spiro atoms. The van der Waals surface area contributed by atoms with Gasteiger partial charge in [0.2, 0.25) is 0 Å². The molecule has 0 saturated carbocycles. The van der Waals surface area contributed by atoms with Crippen LogP contribution < -0.4 is 27.4 Å². The highest BCUT2D eigenvalue weighted by molar-refractivity contribution is 6.32. The monoisotopic (exact) mass is 511 g/mol. The van der Waals surface area contributed by atoms with Gasteiger partial charge < -0.3 is 27.1 Å². The Bertz CT molecular complexity index is 1650. The summed E-state index contributed by atoms with van der Waals surface area (Å²) in [5.41, 5.74) is 13.6. The second-order valence-electron chi connectivity index (χ2n) is 8.85. The predicted octanol–water partition coefficient (Wildman–Crippen LogP) is 1.53. The Balaban J connectivity index is 1.35. The zero-order valence-electron chi connectivity index (χ0n) is 20.3. The lowest BCUT2D eigenvalue weighted by atomic mass is 9.98. The number of carbonyl (C=O) groups excluding carboxylic acids is 4. The molecule has 11 heteroatoms. The number of aromatic amines is 1. The fraction of sp³-hybridized carbons (Fsp3) is 0.148. The Morgan fingerprint density at radius 1 is 0.921 bits per heavy atom. The SMILES string of the molecule is NC(N)=NCCCNC(=O)c1cccc(CNC(=O)c2cc3c(c4c2[nH]c2ccccc24)C(=O)NC3=O)c1. The van der Waals surface area contributed by atoms with Crippen LogP contribution in [0.1, 0.15) is 53.4 Å². The number of aromatic nitrogens is 1. The normalized spacial score (nSPS) is 12.3. The molecule has 2 heterocycles. The maximum Gasteiger partial charge on any atom is 0.259 e. The van der Waals surface area contributed by atoms with E-state index >= 15 is 0 Å². The third-order valence-corrected chi connectivity index (χ3v) is 6.28. The van der Waals surface area contributed by atoms with Gasteiger partial charge in [0, 0.05) is 41.5 Å². The topological polar surface area (TPSA) is 185 Å². The Morgan fingerprint density at radius 2 is 1.74 bits per heavy atom. The van der Waals surface area contributed by atoms with E-state index in [0.29, 0.717) is 41.5 Å². The molecule has 1 aliphatic heterocycles. The van der Waals surface area contributed by atoms with Crippen molar-refractivity contribution in [2.75, 3.05) is 13.1 Å². The zero-order chi connectivity index (χ0) is 26.8. The van der Waals surface area contributed by atoms with Crippen molar-refractivity contribution in [3.8, 4) is 0 Å². The Labute approximate surface area is 216 Å². The summed E-state index contributed by atoms with van der Waals surface area (Å²) in [6, 6.07) is 15.7. The molecule has 3 aromatic carbocycles. The summed E-state index contributed by atoms with van der Waals surface area (Å²) in [5.74, 6) is -1.70. The Hall–Kier alpha value is -5.19.